The topological polar surface area (TPSA) is 33.1 Å². The summed E-state index contributed by atoms with van der Waals surface area (Å²) in [5.74, 6) is 0. The van der Waals surface area contributed by atoms with E-state index < -0.39 is 0 Å². The fraction of sp³-hybridized carbons (Fsp3) is 0.241. The first-order chi connectivity index (χ1) is 16.5. The van der Waals surface area contributed by atoms with Crippen LogP contribution in [0.1, 0.15) is 52.8 Å². The lowest BCUT2D eigenvalue weighted by Gasteiger charge is -2.29. The molecule has 2 atom stereocenters. The third-order valence-corrected chi connectivity index (χ3v) is 7.35. The van der Waals surface area contributed by atoms with E-state index in [1.807, 2.05) is 18.3 Å². The lowest BCUT2D eigenvalue weighted by Crippen LogP contribution is -2.29. The number of hydrogen-bond acceptors (Lipinski definition) is 2. The number of benzene rings is 2. The summed E-state index contributed by atoms with van der Waals surface area (Å²) in [6.45, 7) is 8.83. The number of hydrogen-bond donors (Lipinski definition) is 1. The highest BCUT2D eigenvalue weighted by Gasteiger charge is 2.43. The van der Waals surface area contributed by atoms with Crippen LogP contribution in [-0.2, 0) is 6.42 Å². The van der Waals surface area contributed by atoms with Crippen molar-refractivity contribution in [3.8, 4) is 5.69 Å². The predicted octanol–water partition coefficient (Wildman–Crippen LogP) is 6.54. The molecule has 1 aliphatic rings. The number of para-hydroxylation sites is 1. The number of aromatic nitrogens is 2. The highest BCUT2D eigenvalue weighted by molar-refractivity contribution is 7.80. The third kappa shape index (κ3) is 3.70. The lowest BCUT2D eigenvalue weighted by molar-refractivity contribution is 0.563. The maximum absolute atomic E-state index is 5.94. The maximum Gasteiger partial charge on any atom is 0.174 e. The normalized spacial score (nSPS) is 17.8. The molecule has 0 saturated carbocycles. The molecular formula is C29H30N4S. The molecule has 172 valence electrons. The molecule has 0 amide bonds. The Kier molecular flexibility index (Phi) is 5.96. The number of thiocarbonyl (C=S) groups is 1. The quantitative estimate of drug-likeness (QED) is 0.339. The molecule has 0 bridgehead atoms. The van der Waals surface area contributed by atoms with Gasteiger partial charge in [0.25, 0.3) is 0 Å². The van der Waals surface area contributed by atoms with Crippen LogP contribution in [0.25, 0.3) is 5.69 Å². The van der Waals surface area contributed by atoms with Crippen molar-refractivity contribution in [2.75, 3.05) is 4.90 Å². The smallest absolute Gasteiger partial charge is 0.174 e. The van der Waals surface area contributed by atoms with Gasteiger partial charge in [-0.15, -0.1) is 0 Å². The number of rotatable bonds is 5. The number of anilines is 1. The largest absolute Gasteiger partial charge is 0.351 e. The van der Waals surface area contributed by atoms with Crippen LogP contribution in [0.5, 0.6) is 0 Å². The van der Waals surface area contributed by atoms with Crippen LogP contribution in [0.4, 0.5) is 5.69 Å². The average Bonchev–Trinajstić information content (AvgIpc) is 3.32. The summed E-state index contributed by atoms with van der Waals surface area (Å²) in [7, 11) is 0. The van der Waals surface area contributed by atoms with Gasteiger partial charge in [0.05, 0.1) is 17.8 Å². The van der Waals surface area contributed by atoms with Crippen LogP contribution in [0.2, 0.25) is 0 Å². The van der Waals surface area contributed by atoms with E-state index in [9.17, 15) is 0 Å². The molecule has 5 rings (SSSR count). The van der Waals surface area contributed by atoms with Crippen LogP contribution in [0, 0.1) is 20.8 Å². The van der Waals surface area contributed by atoms with E-state index in [0.29, 0.717) is 0 Å². The van der Waals surface area contributed by atoms with Crippen molar-refractivity contribution in [3.63, 3.8) is 0 Å². The molecule has 4 nitrogen and oxygen atoms in total. The van der Waals surface area contributed by atoms with Crippen LogP contribution in [0.15, 0.2) is 79.0 Å². The van der Waals surface area contributed by atoms with Crippen molar-refractivity contribution in [2.24, 2.45) is 0 Å². The molecule has 2 aromatic carbocycles. The summed E-state index contributed by atoms with van der Waals surface area (Å²) in [6.07, 6.45) is 2.87. The van der Waals surface area contributed by atoms with Gasteiger partial charge in [-0.3, -0.25) is 4.98 Å². The molecule has 0 aliphatic carbocycles. The Morgan fingerprint density at radius 3 is 2.21 bits per heavy atom. The van der Waals surface area contributed by atoms with Gasteiger partial charge in [0.15, 0.2) is 5.11 Å². The van der Waals surface area contributed by atoms with E-state index in [1.54, 1.807) is 0 Å². The summed E-state index contributed by atoms with van der Waals surface area (Å²) in [4.78, 5) is 6.99. The molecule has 0 spiro atoms. The Bertz CT molecular complexity index is 1310. The Labute approximate surface area is 207 Å². The molecule has 0 radical (unpaired) electrons. The number of nitrogens with one attached hydrogen (secondary N) is 1. The minimum atomic E-state index is -0.0528. The number of pyridine rings is 1. The van der Waals surface area contributed by atoms with Crippen molar-refractivity contribution in [1.29, 1.82) is 0 Å². The van der Waals surface area contributed by atoms with Gasteiger partial charge in [0.2, 0.25) is 0 Å². The molecule has 0 unspecified atom stereocenters. The highest BCUT2D eigenvalue weighted by atomic mass is 32.1. The van der Waals surface area contributed by atoms with Crippen molar-refractivity contribution in [2.45, 2.75) is 46.2 Å². The Morgan fingerprint density at radius 2 is 1.56 bits per heavy atom. The van der Waals surface area contributed by atoms with Crippen molar-refractivity contribution >= 4 is 23.0 Å². The first kappa shape index (κ1) is 22.4. The molecule has 1 N–H and O–H groups in total. The van der Waals surface area contributed by atoms with Crippen LogP contribution >= 0.6 is 12.2 Å². The van der Waals surface area contributed by atoms with Gasteiger partial charge in [-0.25, -0.2) is 0 Å². The van der Waals surface area contributed by atoms with Crippen molar-refractivity contribution in [1.82, 2.24) is 14.9 Å². The summed E-state index contributed by atoms with van der Waals surface area (Å²) in [5.41, 5.74) is 9.64. The molecular weight excluding hydrogens is 436 g/mol. The van der Waals surface area contributed by atoms with Gasteiger partial charge in [0.1, 0.15) is 0 Å². The van der Waals surface area contributed by atoms with E-state index in [4.69, 9.17) is 17.2 Å². The summed E-state index contributed by atoms with van der Waals surface area (Å²) < 4.78 is 2.36. The zero-order valence-corrected chi connectivity index (χ0v) is 20.9. The zero-order chi connectivity index (χ0) is 23.8. The number of aryl methyl sites for hydroxylation is 1. The van der Waals surface area contributed by atoms with Gasteiger partial charge >= 0.3 is 0 Å². The monoisotopic (exact) mass is 466 g/mol. The molecule has 3 heterocycles. The second-order valence-corrected chi connectivity index (χ2v) is 9.28. The summed E-state index contributed by atoms with van der Waals surface area (Å²) in [5, 5.41) is 4.33. The van der Waals surface area contributed by atoms with E-state index in [0.717, 1.165) is 22.9 Å². The van der Waals surface area contributed by atoms with Gasteiger partial charge in [-0.05, 0) is 86.9 Å². The fourth-order valence-corrected chi connectivity index (χ4v) is 5.57. The molecule has 1 aliphatic heterocycles. The summed E-state index contributed by atoms with van der Waals surface area (Å²) >= 11 is 5.94. The standard InChI is InChI=1S/C29H30N4S/c1-5-22-14-16-24(17-15-22)33-28(27(31-29(33)34)25-13-9-10-18-30-25)26-19(2)20(3)32(21(26)4)23-11-7-6-8-12-23/h6-18,27-28H,5H2,1-4H3,(H,31,34)/t27-,28-/m0/s1. The highest BCUT2D eigenvalue weighted by Crippen LogP contribution is 2.45. The van der Waals surface area contributed by atoms with Crippen LogP contribution < -0.4 is 10.2 Å². The zero-order valence-electron chi connectivity index (χ0n) is 20.1. The predicted molar refractivity (Wildman–Crippen MR) is 144 cm³/mol. The van der Waals surface area contributed by atoms with Gasteiger partial charge in [0, 0.05) is 34.5 Å². The first-order valence-electron chi connectivity index (χ1n) is 11.8. The van der Waals surface area contributed by atoms with Crippen molar-refractivity contribution < 1.29 is 0 Å². The van der Waals surface area contributed by atoms with Gasteiger partial charge in [-0.2, -0.15) is 0 Å². The molecule has 1 fully saturated rings. The fourth-order valence-electron chi connectivity index (χ4n) is 5.22. The Hall–Kier alpha value is -3.44. The van der Waals surface area contributed by atoms with E-state index in [2.05, 4.69) is 103 Å². The maximum atomic E-state index is 5.94. The number of nitrogens with zero attached hydrogens (tertiary/aromatic N) is 3. The first-order valence-corrected chi connectivity index (χ1v) is 12.3. The van der Waals surface area contributed by atoms with Crippen LogP contribution in [0.3, 0.4) is 0 Å². The van der Waals surface area contributed by atoms with Gasteiger partial charge < -0.3 is 14.8 Å². The SMILES string of the molecule is CCc1ccc(N2C(=S)N[C@@H](c3ccccn3)[C@@H]2c2c(C)c(C)n(-c3ccccc3)c2C)cc1. The van der Waals surface area contributed by atoms with Crippen molar-refractivity contribution in [3.05, 3.63) is 113 Å². The molecule has 2 aromatic heterocycles. The Morgan fingerprint density at radius 1 is 0.853 bits per heavy atom. The second kappa shape index (κ2) is 9.07. The van der Waals surface area contributed by atoms with E-state index in [-0.39, 0.29) is 12.1 Å². The minimum Gasteiger partial charge on any atom is -0.351 e. The molecule has 4 aromatic rings. The second-order valence-electron chi connectivity index (χ2n) is 8.90. The molecule has 5 heteroatoms. The van der Waals surface area contributed by atoms with E-state index in [1.165, 1.54) is 33.8 Å². The molecule has 1 saturated heterocycles. The average molecular weight is 467 g/mol. The van der Waals surface area contributed by atoms with Crippen LogP contribution in [-0.4, -0.2) is 14.7 Å². The van der Waals surface area contributed by atoms with Gasteiger partial charge in [-0.1, -0.05) is 43.3 Å². The third-order valence-electron chi connectivity index (χ3n) is 7.04. The lowest BCUT2D eigenvalue weighted by atomic mass is 9.93. The van der Waals surface area contributed by atoms with E-state index >= 15 is 0 Å². The summed E-state index contributed by atoms with van der Waals surface area (Å²) in [6, 6.07) is 25.4. The minimum absolute atomic E-state index is 0.0152. The molecule has 34 heavy (non-hydrogen) atoms. The Balaban J connectivity index is 1.71.